The third-order valence-electron chi connectivity index (χ3n) is 4.44. The molecule has 0 spiro atoms. The van der Waals surface area contributed by atoms with E-state index in [-0.39, 0.29) is 4.90 Å². The molecule has 0 bridgehead atoms. The lowest BCUT2D eigenvalue weighted by molar-refractivity contribution is 0.262. The predicted octanol–water partition coefficient (Wildman–Crippen LogP) is 3.79. The predicted molar refractivity (Wildman–Crippen MR) is 111 cm³/mol. The van der Waals surface area contributed by atoms with Crippen molar-refractivity contribution in [3.63, 3.8) is 0 Å². The standard InChI is InChI=1S/C20H23ClN2O4S/c1-14-20(27-12-11-22(2)3)18-13-16(26-4)7-10-19(18)23(14)28(24,25)17-8-5-15(21)6-9-17/h5-10,13H,11-12H2,1-4H3. The van der Waals surface area contributed by atoms with Crippen molar-refractivity contribution in [2.24, 2.45) is 0 Å². The maximum atomic E-state index is 13.4. The quantitative estimate of drug-likeness (QED) is 0.579. The van der Waals surface area contributed by atoms with Crippen LogP contribution >= 0.6 is 11.6 Å². The van der Waals surface area contributed by atoms with Crippen LogP contribution in [0.15, 0.2) is 47.4 Å². The van der Waals surface area contributed by atoms with Crippen LogP contribution in [-0.2, 0) is 10.0 Å². The van der Waals surface area contributed by atoms with Crippen LogP contribution in [0, 0.1) is 6.92 Å². The van der Waals surface area contributed by atoms with Crippen LogP contribution in [0.2, 0.25) is 5.02 Å². The number of rotatable bonds is 7. The minimum atomic E-state index is -3.83. The van der Waals surface area contributed by atoms with Crippen molar-refractivity contribution in [1.29, 1.82) is 0 Å². The highest BCUT2D eigenvalue weighted by Crippen LogP contribution is 2.37. The van der Waals surface area contributed by atoms with Crippen molar-refractivity contribution in [3.8, 4) is 11.5 Å². The molecule has 0 saturated carbocycles. The second kappa shape index (κ2) is 8.03. The number of likely N-dealkylation sites (N-methyl/N-ethyl adjacent to an activating group) is 1. The second-order valence-corrected chi connectivity index (χ2v) is 8.90. The Morgan fingerprint density at radius 2 is 1.79 bits per heavy atom. The SMILES string of the molecule is COc1ccc2c(c1)c(OCCN(C)C)c(C)n2S(=O)(=O)c1ccc(Cl)cc1. The Kier molecular flexibility index (Phi) is 5.88. The first-order valence-corrected chi connectivity index (χ1v) is 10.5. The molecule has 1 aromatic heterocycles. The minimum Gasteiger partial charge on any atom is -0.497 e. The van der Waals surface area contributed by atoms with Crippen molar-refractivity contribution in [1.82, 2.24) is 8.87 Å². The molecule has 3 rings (SSSR count). The molecule has 8 heteroatoms. The Balaban J connectivity index is 2.19. The average Bonchev–Trinajstić information content (AvgIpc) is 2.93. The molecule has 28 heavy (non-hydrogen) atoms. The van der Waals surface area contributed by atoms with E-state index in [4.69, 9.17) is 21.1 Å². The van der Waals surface area contributed by atoms with Gasteiger partial charge in [-0.15, -0.1) is 0 Å². The van der Waals surface area contributed by atoms with E-state index in [1.54, 1.807) is 44.4 Å². The van der Waals surface area contributed by atoms with E-state index in [0.29, 0.717) is 46.3 Å². The zero-order valence-electron chi connectivity index (χ0n) is 16.3. The lowest BCUT2D eigenvalue weighted by atomic mass is 10.2. The topological polar surface area (TPSA) is 60.8 Å². The molecule has 0 aliphatic carbocycles. The van der Waals surface area contributed by atoms with Crippen molar-refractivity contribution in [3.05, 3.63) is 53.2 Å². The molecule has 0 unspecified atom stereocenters. The van der Waals surface area contributed by atoms with Crippen molar-refractivity contribution < 1.29 is 17.9 Å². The van der Waals surface area contributed by atoms with Crippen LogP contribution in [0.5, 0.6) is 11.5 Å². The first-order valence-electron chi connectivity index (χ1n) is 8.73. The van der Waals surface area contributed by atoms with Crippen molar-refractivity contribution in [2.45, 2.75) is 11.8 Å². The number of aromatic nitrogens is 1. The first kappa shape index (κ1) is 20.5. The van der Waals surface area contributed by atoms with Gasteiger partial charge in [-0.2, -0.15) is 0 Å². The van der Waals surface area contributed by atoms with Gasteiger partial charge in [0.05, 0.1) is 23.2 Å². The van der Waals surface area contributed by atoms with E-state index in [2.05, 4.69) is 0 Å². The molecule has 0 aliphatic rings. The number of nitrogens with zero attached hydrogens (tertiary/aromatic N) is 2. The maximum absolute atomic E-state index is 13.4. The van der Waals surface area contributed by atoms with E-state index < -0.39 is 10.0 Å². The van der Waals surface area contributed by atoms with Gasteiger partial charge in [-0.05, 0) is 63.5 Å². The van der Waals surface area contributed by atoms with E-state index >= 15 is 0 Å². The van der Waals surface area contributed by atoms with Gasteiger partial charge in [0, 0.05) is 17.0 Å². The van der Waals surface area contributed by atoms with Gasteiger partial charge >= 0.3 is 0 Å². The third kappa shape index (κ3) is 3.83. The van der Waals surface area contributed by atoms with Crippen LogP contribution in [0.25, 0.3) is 10.9 Å². The summed E-state index contributed by atoms with van der Waals surface area (Å²) in [5, 5.41) is 1.17. The van der Waals surface area contributed by atoms with Crippen LogP contribution in [0.4, 0.5) is 0 Å². The summed E-state index contributed by atoms with van der Waals surface area (Å²) in [6, 6.07) is 11.4. The van der Waals surface area contributed by atoms with Gasteiger partial charge in [-0.25, -0.2) is 12.4 Å². The van der Waals surface area contributed by atoms with Gasteiger partial charge in [-0.1, -0.05) is 11.6 Å². The molecule has 0 N–H and O–H groups in total. The molecule has 3 aromatic rings. The zero-order valence-corrected chi connectivity index (χ0v) is 17.8. The molecule has 0 amide bonds. The van der Waals surface area contributed by atoms with E-state index in [9.17, 15) is 8.42 Å². The van der Waals surface area contributed by atoms with Crippen LogP contribution in [-0.4, -0.2) is 51.6 Å². The van der Waals surface area contributed by atoms with Gasteiger partial charge in [0.15, 0.2) is 0 Å². The van der Waals surface area contributed by atoms with Crippen LogP contribution in [0.1, 0.15) is 5.69 Å². The molecule has 0 fully saturated rings. The molecule has 0 atom stereocenters. The fraction of sp³-hybridized carbons (Fsp3) is 0.300. The Labute approximate surface area is 170 Å². The number of hydrogen-bond acceptors (Lipinski definition) is 5. The molecule has 0 radical (unpaired) electrons. The van der Waals surface area contributed by atoms with Gasteiger partial charge < -0.3 is 14.4 Å². The zero-order chi connectivity index (χ0) is 20.5. The molecule has 150 valence electrons. The summed E-state index contributed by atoms with van der Waals surface area (Å²) < 4.78 is 39.3. The van der Waals surface area contributed by atoms with Crippen molar-refractivity contribution >= 4 is 32.5 Å². The minimum absolute atomic E-state index is 0.160. The van der Waals surface area contributed by atoms with Gasteiger partial charge in [-0.3, -0.25) is 0 Å². The van der Waals surface area contributed by atoms with Crippen LogP contribution < -0.4 is 9.47 Å². The van der Waals surface area contributed by atoms with Gasteiger partial charge in [0.1, 0.15) is 18.1 Å². The lowest BCUT2D eigenvalue weighted by Gasteiger charge is -2.12. The fourth-order valence-corrected chi connectivity index (χ4v) is 4.68. The molecule has 2 aromatic carbocycles. The number of fused-ring (bicyclic) bond motifs is 1. The summed E-state index contributed by atoms with van der Waals surface area (Å²) in [7, 11) is 1.65. The Morgan fingerprint density at radius 1 is 1.11 bits per heavy atom. The Hall–Kier alpha value is -2.22. The van der Waals surface area contributed by atoms with Crippen molar-refractivity contribution in [2.75, 3.05) is 34.4 Å². The molecular formula is C20H23ClN2O4S. The fourth-order valence-electron chi connectivity index (χ4n) is 3.00. The van der Waals surface area contributed by atoms with Gasteiger partial charge in [0.2, 0.25) is 0 Å². The number of halogens is 1. The number of hydrogen-bond donors (Lipinski definition) is 0. The van der Waals surface area contributed by atoms with Gasteiger partial charge in [0.25, 0.3) is 10.0 Å². The maximum Gasteiger partial charge on any atom is 0.268 e. The summed E-state index contributed by atoms with van der Waals surface area (Å²) >= 11 is 5.91. The molecule has 0 saturated heterocycles. The highest BCUT2D eigenvalue weighted by Gasteiger charge is 2.26. The second-order valence-electron chi connectivity index (χ2n) is 6.67. The summed E-state index contributed by atoms with van der Waals surface area (Å²) in [5.74, 6) is 1.17. The summed E-state index contributed by atoms with van der Waals surface area (Å²) in [5.41, 5.74) is 1.05. The summed E-state index contributed by atoms with van der Waals surface area (Å²) in [6.45, 7) is 2.89. The molecule has 0 aliphatic heterocycles. The highest BCUT2D eigenvalue weighted by molar-refractivity contribution is 7.90. The van der Waals surface area contributed by atoms with E-state index in [0.717, 1.165) is 0 Å². The Bertz CT molecular complexity index is 1090. The number of methoxy groups -OCH3 is 1. The molecule has 6 nitrogen and oxygen atoms in total. The lowest BCUT2D eigenvalue weighted by Crippen LogP contribution is -2.20. The molecule has 1 heterocycles. The van der Waals surface area contributed by atoms with E-state index in [1.807, 2.05) is 19.0 Å². The highest BCUT2D eigenvalue weighted by atomic mass is 35.5. The average molecular weight is 423 g/mol. The van der Waals surface area contributed by atoms with Crippen LogP contribution in [0.3, 0.4) is 0 Å². The molecular weight excluding hydrogens is 400 g/mol. The monoisotopic (exact) mass is 422 g/mol. The third-order valence-corrected chi connectivity index (χ3v) is 6.51. The normalized spacial score (nSPS) is 11.9. The number of benzene rings is 2. The Morgan fingerprint density at radius 3 is 2.39 bits per heavy atom. The largest absolute Gasteiger partial charge is 0.497 e. The number of ether oxygens (including phenoxy) is 2. The summed E-state index contributed by atoms with van der Waals surface area (Å²) in [4.78, 5) is 2.16. The van der Waals surface area contributed by atoms with E-state index in [1.165, 1.54) is 16.1 Å². The smallest absolute Gasteiger partial charge is 0.268 e. The summed E-state index contributed by atoms with van der Waals surface area (Å²) in [6.07, 6.45) is 0. The first-order chi connectivity index (χ1) is 13.3.